The van der Waals surface area contributed by atoms with E-state index in [-0.39, 0.29) is 17.8 Å². The van der Waals surface area contributed by atoms with Gasteiger partial charge in [-0.05, 0) is 38.3 Å². The number of esters is 1. The van der Waals surface area contributed by atoms with Crippen molar-refractivity contribution < 1.29 is 14.3 Å². The molecule has 1 aromatic rings. The van der Waals surface area contributed by atoms with Crippen LogP contribution in [0.3, 0.4) is 0 Å². The molecule has 0 radical (unpaired) electrons. The summed E-state index contributed by atoms with van der Waals surface area (Å²) in [4.78, 5) is 30.3. The summed E-state index contributed by atoms with van der Waals surface area (Å²) in [6, 6.07) is 7.71. The summed E-state index contributed by atoms with van der Waals surface area (Å²) in [7, 11) is 0. The van der Waals surface area contributed by atoms with E-state index in [1.807, 2.05) is 49.1 Å². The minimum absolute atomic E-state index is 0.0647. The number of likely N-dealkylation sites (tertiary alicyclic amines) is 2. The van der Waals surface area contributed by atoms with E-state index >= 15 is 0 Å². The number of hydrogen-bond donors (Lipinski definition) is 0. The van der Waals surface area contributed by atoms with Gasteiger partial charge in [-0.2, -0.15) is 0 Å². The Balaban J connectivity index is 1.86. The van der Waals surface area contributed by atoms with Gasteiger partial charge < -0.3 is 9.64 Å². The van der Waals surface area contributed by atoms with Gasteiger partial charge in [-0.25, -0.2) is 0 Å². The van der Waals surface area contributed by atoms with E-state index in [9.17, 15) is 9.59 Å². The van der Waals surface area contributed by atoms with Crippen LogP contribution in [0.2, 0.25) is 0 Å². The summed E-state index contributed by atoms with van der Waals surface area (Å²) in [5.41, 5.74) is 1.23. The van der Waals surface area contributed by atoms with Crippen LogP contribution < -0.4 is 0 Å². The lowest BCUT2D eigenvalue weighted by atomic mass is 9.75. The molecule has 3 rings (SSSR count). The lowest BCUT2D eigenvalue weighted by Crippen LogP contribution is -2.43. The first-order chi connectivity index (χ1) is 13.0. The number of carbonyl (C=O) groups is 2. The van der Waals surface area contributed by atoms with Crippen molar-refractivity contribution in [3.05, 3.63) is 48.0 Å². The summed E-state index contributed by atoms with van der Waals surface area (Å²) in [6.07, 6.45) is 3.46. The molecule has 2 aliphatic heterocycles. The summed E-state index contributed by atoms with van der Waals surface area (Å²) in [5, 5.41) is 0. The molecule has 2 atom stereocenters. The van der Waals surface area contributed by atoms with Gasteiger partial charge in [0.15, 0.2) is 0 Å². The van der Waals surface area contributed by atoms with E-state index in [0.717, 1.165) is 37.1 Å². The van der Waals surface area contributed by atoms with Crippen LogP contribution in [0.25, 0.3) is 0 Å². The second kappa shape index (κ2) is 8.26. The van der Waals surface area contributed by atoms with E-state index in [4.69, 9.17) is 4.74 Å². The van der Waals surface area contributed by atoms with Gasteiger partial charge in [-0.3, -0.25) is 14.5 Å². The molecule has 5 heteroatoms. The highest BCUT2D eigenvalue weighted by Gasteiger charge is 2.54. The first-order valence-electron chi connectivity index (χ1n) is 9.87. The molecule has 0 unspecified atom stereocenters. The monoisotopic (exact) mass is 370 g/mol. The molecule has 0 spiro atoms. The van der Waals surface area contributed by atoms with Crippen LogP contribution in [0.1, 0.15) is 35.7 Å². The molecule has 1 aromatic carbocycles. The Labute approximate surface area is 162 Å². The molecule has 0 saturated carbocycles. The molecular formula is C22H30N2O3. The number of nitrogens with zero attached hydrogens (tertiary/aromatic N) is 2. The molecule has 5 nitrogen and oxygen atoms in total. The van der Waals surface area contributed by atoms with E-state index in [1.165, 1.54) is 0 Å². The van der Waals surface area contributed by atoms with E-state index < -0.39 is 5.41 Å². The van der Waals surface area contributed by atoms with Crippen molar-refractivity contribution >= 4 is 11.9 Å². The highest BCUT2D eigenvalue weighted by molar-refractivity contribution is 5.95. The minimum atomic E-state index is -0.514. The largest absolute Gasteiger partial charge is 0.466 e. The topological polar surface area (TPSA) is 49.9 Å². The number of benzene rings is 1. The van der Waals surface area contributed by atoms with Crippen LogP contribution in [0.5, 0.6) is 0 Å². The Bertz CT molecular complexity index is 717. The summed E-state index contributed by atoms with van der Waals surface area (Å²) >= 11 is 0. The zero-order valence-electron chi connectivity index (χ0n) is 16.4. The van der Waals surface area contributed by atoms with Gasteiger partial charge >= 0.3 is 5.97 Å². The number of fused-ring (bicyclic) bond motifs is 1. The maximum absolute atomic E-state index is 13.1. The van der Waals surface area contributed by atoms with Crippen LogP contribution in [-0.4, -0.2) is 61.0 Å². The summed E-state index contributed by atoms with van der Waals surface area (Å²) in [6.45, 7) is 11.6. The molecule has 0 aliphatic carbocycles. The Kier molecular flexibility index (Phi) is 6.00. The molecular weight excluding hydrogens is 340 g/mol. The van der Waals surface area contributed by atoms with Crippen LogP contribution in [-0.2, 0) is 9.53 Å². The van der Waals surface area contributed by atoms with Gasteiger partial charge in [-0.15, -0.1) is 6.58 Å². The molecule has 27 heavy (non-hydrogen) atoms. The van der Waals surface area contributed by atoms with Gasteiger partial charge in [0.25, 0.3) is 5.91 Å². The lowest BCUT2D eigenvalue weighted by molar-refractivity contribution is -0.157. The van der Waals surface area contributed by atoms with Gasteiger partial charge in [0.2, 0.25) is 0 Å². The second-order valence-corrected chi connectivity index (χ2v) is 7.73. The third-order valence-electron chi connectivity index (χ3n) is 5.99. The Morgan fingerprint density at radius 3 is 2.81 bits per heavy atom. The van der Waals surface area contributed by atoms with Crippen molar-refractivity contribution in [3.63, 3.8) is 0 Å². The van der Waals surface area contributed by atoms with E-state index in [1.54, 1.807) is 0 Å². The zero-order valence-corrected chi connectivity index (χ0v) is 16.4. The second-order valence-electron chi connectivity index (χ2n) is 7.73. The Morgan fingerprint density at radius 1 is 1.33 bits per heavy atom. The zero-order chi connectivity index (χ0) is 19.4. The molecule has 1 amide bonds. The first-order valence-corrected chi connectivity index (χ1v) is 9.87. The van der Waals surface area contributed by atoms with Gasteiger partial charge in [0.05, 0.1) is 12.0 Å². The van der Waals surface area contributed by atoms with Crippen LogP contribution in [0, 0.1) is 18.3 Å². The van der Waals surface area contributed by atoms with Crippen molar-refractivity contribution in [2.75, 3.05) is 39.3 Å². The molecule has 2 heterocycles. The number of carbonyl (C=O) groups excluding carboxylic acids is 2. The van der Waals surface area contributed by atoms with Gasteiger partial charge in [-0.1, -0.05) is 24.3 Å². The number of hydrogen-bond acceptors (Lipinski definition) is 4. The third kappa shape index (κ3) is 3.79. The smallest absolute Gasteiger partial charge is 0.313 e. The summed E-state index contributed by atoms with van der Waals surface area (Å²) in [5.74, 6) is 0.0497. The Morgan fingerprint density at radius 2 is 2.11 bits per heavy atom. The van der Waals surface area contributed by atoms with Crippen molar-refractivity contribution in [2.45, 2.75) is 26.7 Å². The number of rotatable bonds is 5. The maximum atomic E-state index is 13.1. The average Bonchev–Trinajstić information content (AvgIpc) is 2.89. The van der Waals surface area contributed by atoms with E-state index in [0.29, 0.717) is 26.2 Å². The first kappa shape index (κ1) is 19.6. The predicted octanol–water partition coefficient (Wildman–Crippen LogP) is 2.90. The van der Waals surface area contributed by atoms with E-state index in [2.05, 4.69) is 11.5 Å². The molecule has 2 aliphatic rings. The van der Waals surface area contributed by atoms with Crippen molar-refractivity contribution in [1.82, 2.24) is 9.80 Å². The molecule has 146 valence electrons. The number of ether oxygens (including phenoxy) is 1. The fourth-order valence-electron chi connectivity index (χ4n) is 4.63. The standard InChI is InChI=1S/C22H30N2O3/c1-4-12-23-14-18-15-24(20(25)19-10-7-6-9-17(19)3)13-8-11-22(18,16-23)21(26)27-5-2/h4,6-7,9-10,18H,1,5,8,11-16H2,2-3H3/t18-,22+/m1/s1. The normalized spacial score (nSPS) is 25.6. The molecule has 0 N–H and O–H groups in total. The third-order valence-corrected chi connectivity index (χ3v) is 5.99. The molecule has 2 fully saturated rings. The predicted molar refractivity (Wildman–Crippen MR) is 106 cm³/mol. The fraction of sp³-hybridized carbons (Fsp3) is 0.545. The fourth-order valence-corrected chi connectivity index (χ4v) is 4.63. The van der Waals surface area contributed by atoms with Crippen molar-refractivity contribution in [1.29, 1.82) is 0 Å². The summed E-state index contributed by atoms with van der Waals surface area (Å²) < 4.78 is 5.47. The quantitative estimate of drug-likeness (QED) is 0.591. The molecule has 0 bridgehead atoms. The highest BCUT2D eigenvalue weighted by atomic mass is 16.5. The average molecular weight is 370 g/mol. The molecule has 0 aromatic heterocycles. The number of aryl methyl sites for hydroxylation is 1. The van der Waals surface area contributed by atoms with Gasteiger partial charge in [0.1, 0.15) is 0 Å². The lowest BCUT2D eigenvalue weighted by Gasteiger charge is -2.31. The SMILES string of the molecule is C=CCN1C[C@@H]2CN(C(=O)c3ccccc3C)CCC[C@]2(C(=O)OCC)C1. The van der Waals surface area contributed by atoms with Gasteiger partial charge in [0, 0.05) is 44.2 Å². The highest BCUT2D eigenvalue weighted by Crippen LogP contribution is 2.44. The molecule has 2 saturated heterocycles. The van der Waals surface area contributed by atoms with Crippen LogP contribution >= 0.6 is 0 Å². The van der Waals surface area contributed by atoms with Crippen LogP contribution in [0.4, 0.5) is 0 Å². The minimum Gasteiger partial charge on any atom is -0.466 e. The van der Waals surface area contributed by atoms with Crippen LogP contribution in [0.15, 0.2) is 36.9 Å². The Hall–Kier alpha value is -2.14. The van der Waals surface area contributed by atoms with Crippen molar-refractivity contribution in [3.8, 4) is 0 Å². The maximum Gasteiger partial charge on any atom is 0.313 e. The van der Waals surface area contributed by atoms with Crippen molar-refractivity contribution in [2.24, 2.45) is 11.3 Å². The number of amides is 1.